The highest BCUT2D eigenvalue weighted by Gasteiger charge is 2.52. The average molecular weight is 348 g/mol. The molecule has 3 N–H and O–H groups in total. The van der Waals surface area contributed by atoms with Gasteiger partial charge < -0.3 is 20.4 Å². The molecular formula is C18H23BF2N2O2. The summed E-state index contributed by atoms with van der Waals surface area (Å²) in [6.07, 6.45) is 0.902. The zero-order valence-corrected chi connectivity index (χ0v) is 15.0. The molecular weight excluding hydrogens is 325 g/mol. The summed E-state index contributed by atoms with van der Waals surface area (Å²) < 4.78 is 39.5. The number of hydrogen-bond donors (Lipinski definition) is 2. The molecule has 134 valence electrons. The SMILES string of the molecule is C=C/C(F)=C(/Nc1ccc(N)cc1B1OC(C)(C)C(C)(C)O1)C(=C)F. The van der Waals surface area contributed by atoms with Gasteiger partial charge in [0.2, 0.25) is 0 Å². The first-order valence-corrected chi connectivity index (χ1v) is 7.87. The molecule has 1 aromatic rings. The molecule has 0 atom stereocenters. The standard InChI is InChI=1S/C18H23BF2N2O2/c1-7-14(21)16(11(2)20)23-15-9-8-12(22)10-13(15)19-24-17(3,4)18(5,6)25-19/h7-10,23H,1-2,22H2,3-6H3/b16-14-. The minimum absolute atomic E-state index is 0.401. The van der Waals surface area contributed by atoms with Gasteiger partial charge in [-0.1, -0.05) is 13.2 Å². The topological polar surface area (TPSA) is 56.5 Å². The van der Waals surface area contributed by atoms with E-state index in [1.807, 2.05) is 27.7 Å². The molecule has 1 aromatic carbocycles. The lowest BCUT2D eigenvalue weighted by molar-refractivity contribution is 0.00578. The van der Waals surface area contributed by atoms with E-state index in [9.17, 15) is 8.78 Å². The first kappa shape index (κ1) is 19.2. The van der Waals surface area contributed by atoms with Crippen molar-refractivity contribution in [3.05, 3.63) is 54.8 Å². The second-order valence-electron chi connectivity index (χ2n) is 6.89. The van der Waals surface area contributed by atoms with Gasteiger partial charge in [0.25, 0.3) is 0 Å². The van der Waals surface area contributed by atoms with Crippen molar-refractivity contribution in [1.82, 2.24) is 0 Å². The lowest BCUT2D eigenvalue weighted by Gasteiger charge is -2.32. The van der Waals surface area contributed by atoms with Crippen molar-refractivity contribution >= 4 is 24.0 Å². The van der Waals surface area contributed by atoms with Gasteiger partial charge in [0.05, 0.1) is 11.2 Å². The molecule has 25 heavy (non-hydrogen) atoms. The molecule has 0 spiro atoms. The van der Waals surface area contributed by atoms with E-state index in [1.54, 1.807) is 18.2 Å². The molecule has 1 heterocycles. The molecule has 0 bridgehead atoms. The van der Waals surface area contributed by atoms with Crippen LogP contribution in [0.4, 0.5) is 20.2 Å². The van der Waals surface area contributed by atoms with Crippen LogP contribution in [0.25, 0.3) is 0 Å². The summed E-state index contributed by atoms with van der Waals surface area (Å²) in [6, 6.07) is 4.87. The summed E-state index contributed by atoms with van der Waals surface area (Å²) in [5.41, 5.74) is 5.76. The zero-order chi connectivity index (χ0) is 19.0. The second kappa shape index (κ2) is 6.65. The molecule has 1 aliphatic rings. The van der Waals surface area contributed by atoms with Crippen LogP contribution in [0.1, 0.15) is 27.7 Å². The van der Waals surface area contributed by atoms with E-state index in [0.717, 1.165) is 6.08 Å². The molecule has 1 saturated heterocycles. The Hall–Kier alpha value is -2.12. The molecule has 2 rings (SSSR count). The summed E-state index contributed by atoms with van der Waals surface area (Å²) in [5, 5.41) is 2.70. The number of rotatable bonds is 5. The van der Waals surface area contributed by atoms with Crippen LogP contribution in [0.2, 0.25) is 0 Å². The van der Waals surface area contributed by atoms with Crippen LogP contribution in [-0.4, -0.2) is 18.3 Å². The third-order valence-electron chi connectivity index (χ3n) is 4.53. The fourth-order valence-corrected chi connectivity index (χ4v) is 2.35. The normalized spacial score (nSPS) is 19.4. The fraction of sp³-hybridized carbons (Fsp3) is 0.333. The van der Waals surface area contributed by atoms with Crippen LogP contribution in [0, 0.1) is 0 Å². The van der Waals surface area contributed by atoms with Crippen molar-refractivity contribution < 1.29 is 18.1 Å². The van der Waals surface area contributed by atoms with E-state index in [4.69, 9.17) is 15.0 Å². The quantitative estimate of drug-likeness (QED) is 0.482. The van der Waals surface area contributed by atoms with Crippen molar-refractivity contribution in [2.75, 3.05) is 11.1 Å². The first-order valence-electron chi connectivity index (χ1n) is 7.87. The van der Waals surface area contributed by atoms with Crippen molar-refractivity contribution in [2.24, 2.45) is 0 Å². The van der Waals surface area contributed by atoms with E-state index in [0.29, 0.717) is 16.8 Å². The van der Waals surface area contributed by atoms with E-state index in [2.05, 4.69) is 18.5 Å². The van der Waals surface area contributed by atoms with Crippen LogP contribution in [-0.2, 0) is 9.31 Å². The number of nitrogen functional groups attached to an aromatic ring is 1. The van der Waals surface area contributed by atoms with Crippen molar-refractivity contribution in [2.45, 2.75) is 38.9 Å². The highest BCUT2D eigenvalue weighted by atomic mass is 19.1. The Kier molecular flexibility index (Phi) is 5.11. The van der Waals surface area contributed by atoms with Gasteiger partial charge >= 0.3 is 7.12 Å². The van der Waals surface area contributed by atoms with Crippen LogP contribution < -0.4 is 16.5 Å². The predicted molar refractivity (Wildman–Crippen MR) is 98.8 cm³/mol. The number of allylic oxidation sites excluding steroid dienone is 3. The Labute approximate surface area is 147 Å². The lowest BCUT2D eigenvalue weighted by atomic mass is 9.77. The van der Waals surface area contributed by atoms with Gasteiger partial charge in [-0.25, -0.2) is 8.78 Å². The molecule has 0 saturated carbocycles. The zero-order valence-electron chi connectivity index (χ0n) is 15.0. The molecule has 0 aliphatic carbocycles. The van der Waals surface area contributed by atoms with Gasteiger partial charge in [-0.05, 0) is 52.0 Å². The average Bonchev–Trinajstić information content (AvgIpc) is 2.73. The van der Waals surface area contributed by atoms with Gasteiger partial charge in [-0.2, -0.15) is 0 Å². The third-order valence-corrected chi connectivity index (χ3v) is 4.53. The Morgan fingerprint density at radius 1 is 1.20 bits per heavy atom. The van der Waals surface area contributed by atoms with Crippen molar-refractivity contribution in [3.63, 3.8) is 0 Å². The molecule has 0 amide bonds. The Morgan fingerprint density at radius 2 is 1.76 bits per heavy atom. The number of nitrogens with one attached hydrogen (secondary N) is 1. The van der Waals surface area contributed by atoms with Gasteiger partial charge in [0.1, 0.15) is 17.4 Å². The highest BCUT2D eigenvalue weighted by Crippen LogP contribution is 2.37. The summed E-state index contributed by atoms with van der Waals surface area (Å²) in [4.78, 5) is 0. The van der Waals surface area contributed by atoms with Gasteiger partial charge in [-0.15, -0.1) is 0 Å². The van der Waals surface area contributed by atoms with Crippen LogP contribution in [0.5, 0.6) is 0 Å². The minimum atomic E-state index is -0.950. The maximum absolute atomic E-state index is 13.9. The Bertz CT molecular complexity index is 729. The van der Waals surface area contributed by atoms with Crippen LogP contribution >= 0.6 is 0 Å². The summed E-state index contributed by atoms with van der Waals surface area (Å²) in [5.74, 6) is -1.81. The third kappa shape index (κ3) is 3.77. The smallest absolute Gasteiger partial charge is 0.399 e. The van der Waals surface area contributed by atoms with Crippen molar-refractivity contribution in [3.8, 4) is 0 Å². The second-order valence-corrected chi connectivity index (χ2v) is 6.89. The largest absolute Gasteiger partial charge is 0.497 e. The summed E-state index contributed by atoms with van der Waals surface area (Å²) in [7, 11) is -0.739. The van der Waals surface area contributed by atoms with Gasteiger partial charge in [0, 0.05) is 16.8 Å². The van der Waals surface area contributed by atoms with Crippen LogP contribution in [0.15, 0.2) is 54.8 Å². The number of benzene rings is 1. The monoisotopic (exact) mass is 348 g/mol. The number of nitrogens with two attached hydrogens (primary N) is 1. The summed E-state index contributed by atoms with van der Waals surface area (Å²) in [6.45, 7) is 14.1. The molecule has 1 aliphatic heterocycles. The number of halogens is 2. The van der Waals surface area contributed by atoms with Crippen LogP contribution in [0.3, 0.4) is 0 Å². The predicted octanol–water partition coefficient (Wildman–Crippen LogP) is 3.83. The maximum Gasteiger partial charge on any atom is 0.497 e. The van der Waals surface area contributed by atoms with E-state index in [-0.39, 0.29) is 0 Å². The first-order chi connectivity index (χ1) is 11.5. The molecule has 4 nitrogen and oxygen atoms in total. The van der Waals surface area contributed by atoms with Crippen molar-refractivity contribution in [1.29, 1.82) is 0 Å². The Morgan fingerprint density at radius 3 is 2.24 bits per heavy atom. The molecule has 1 fully saturated rings. The lowest BCUT2D eigenvalue weighted by Crippen LogP contribution is -2.41. The molecule has 0 radical (unpaired) electrons. The minimum Gasteiger partial charge on any atom is -0.399 e. The van der Waals surface area contributed by atoms with E-state index >= 15 is 0 Å². The highest BCUT2D eigenvalue weighted by molar-refractivity contribution is 6.64. The Balaban J connectivity index is 2.46. The summed E-state index contributed by atoms with van der Waals surface area (Å²) >= 11 is 0. The fourth-order valence-electron chi connectivity index (χ4n) is 2.35. The molecule has 0 aromatic heterocycles. The maximum atomic E-state index is 13.9. The van der Waals surface area contributed by atoms with Gasteiger partial charge in [-0.3, -0.25) is 0 Å². The van der Waals surface area contributed by atoms with E-state index in [1.165, 1.54) is 0 Å². The molecule has 0 unspecified atom stereocenters. The number of anilines is 2. The number of hydrogen-bond acceptors (Lipinski definition) is 4. The van der Waals surface area contributed by atoms with Gasteiger partial charge in [0.15, 0.2) is 0 Å². The molecule has 7 heteroatoms. The van der Waals surface area contributed by atoms with E-state index < -0.39 is 35.7 Å².